The molecule has 0 saturated heterocycles. The summed E-state index contributed by atoms with van der Waals surface area (Å²) < 4.78 is 0. The number of carboxylic acids is 1. The minimum atomic E-state index is -0.740. The number of carbonyl (C=O) groups is 1. The molecular formula is C9H14N2O2S. The number of anilines is 1. The molecule has 14 heavy (non-hydrogen) atoms. The summed E-state index contributed by atoms with van der Waals surface area (Å²) in [6.45, 7) is 2.44. The molecule has 1 heterocycles. The second-order valence-corrected chi connectivity index (χ2v) is 3.94. The van der Waals surface area contributed by atoms with E-state index in [9.17, 15) is 4.79 Å². The molecule has 0 bridgehead atoms. The minimum absolute atomic E-state index is 0.316. The lowest BCUT2D eigenvalue weighted by atomic mass is 10.0. The van der Waals surface area contributed by atoms with Crippen molar-refractivity contribution in [1.82, 2.24) is 4.98 Å². The number of rotatable bonds is 6. The summed E-state index contributed by atoms with van der Waals surface area (Å²) in [4.78, 5) is 14.8. The summed E-state index contributed by atoms with van der Waals surface area (Å²) in [7, 11) is 0. The first-order valence-corrected chi connectivity index (χ1v) is 5.48. The Labute approximate surface area is 87.0 Å². The van der Waals surface area contributed by atoms with Gasteiger partial charge in [0.05, 0.1) is 5.92 Å². The highest BCUT2D eigenvalue weighted by molar-refractivity contribution is 7.13. The van der Waals surface area contributed by atoms with Crippen LogP contribution in [-0.2, 0) is 4.79 Å². The van der Waals surface area contributed by atoms with Crippen molar-refractivity contribution < 1.29 is 9.90 Å². The molecule has 0 aromatic carbocycles. The quantitative estimate of drug-likeness (QED) is 0.760. The molecule has 4 nitrogen and oxygen atoms in total. The van der Waals surface area contributed by atoms with Crippen LogP contribution in [-0.4, -0.2) is 22.6 Å². The van der Waals surface area contributed by atoms with E-state index in [-0.39, 0.29) is 5.92 Å². The molecule has 1 aromatic rings. The Bertz CT molecular complexity index is 274. The molecule has 1 rings (SSSR count). The third-order valence-electron chi connectivity index (χ3n) is 1.92. The lowest BCUT2D eigenvalue weighted by molar-refractivity contribution is -0.141. The van der Waals surface area contributed by atoms with Crippen molar-refractivity contribution >= 4 is 22.4 Å². The second-order valence-electron chi connectivity index (χ2n) is 3.04. The van der Waals surface area contributed by atoms with Gasteiger partial charge in [0.2, 0.25) is 0 Å². The molecular weight excluding hydrogens is 200 g/mol. The monoisotopic (exact) mass is 214 g/mol. The van der Waals surface area contributed by atoms with Crippen LogP contribution in [0.15, 0.2) is 11.6 Å². The van der Waals surface area contributed by atoms with Crippen LogP contribution >= 0.6 is 11.3 Å². The van der Waals surface area contributed by atoms with Crippen LogP contribution in [0.4, 0.5) is 5.13 Å². The number of aromatic nitrogens is 1. The summed E-state index contributed by atoms with van der Waals surface area (Å²) in [5, 5.41) is 14.5. The van der Waals surface area contributed by atoms with Gasteiger partial charge < -0.3 is 10.4 Å². The SMILES string of the molecule is CCCC(CNc1nccs1)C(=O)O. The Morgan fingerprint density at radius 1 is 1.79 bits per heavy atom. The van der Waals surface area contributed by atoms with Gasteiger partial charge in [0.1, 0.15) is 0 Å². The molecule has 2 N–H and O–H groups in total. The maximum atomic E-state index is 10.8. The van der Waals surface area contributed by atoms with Gasteiger partial charge in [0, 0.05) is 18.1 Å². The van der Waals surface area contributed by atoms with Crippen LogP contribution in [0.3, 0.4) is 0 Å². The molecule has 1 aromatic heterocycles. The summed E-state index contributed by atoms with van der Waals surface area (Å²) in [5.74, 6) is -1.06. The zero-order valence-corrected chi connectivity index (χ0v) is 8.88. The fourth-order valence-electron chi connectivity index (χ4n) is 1.18. The second kappa shape index (κ2) is 5.59. The zero-order chi connectivity index (χ0) is 10.4. The average Bonchev–Trinajstić information content (AvgIpc) is 2.64. The number of aliphatic carboxylic acids is 1. The van der Waals surface area contributed by atoms with Crippen molar-refractivity contribution in [3.8, 4) is 0 Å². The van der Waals surface area contributed by atoms with Crippen molar-refractivity contribution in [3.63, 3.8) is 0 Å². The smallest absolute Gasteiger partial charge is 0.308 e. The largest absolute Gasteiger partial charge is 0.481 e. The Hall–Kier alpha value is -1.10. The molecule has 0 fully saturated rings. The number of hydrogen-bond donors (Lipinski definition) is 2. The summed E-state index contributed by atoms with van der Waals surface area (Å²) in [5.41, 5.74) is 0. The van der Waals surface area contributed by atoms with Gasteiger partial charge in [-0.15, -0.1) is 11.3 Å². The number of carboxylic acid groups (broad SMARTS) is 1. The van der Waals surface area contributed by atoms with E-state index in [1.807, 2.05) is 12.3 Å². The zero-order valence-electron chi connectivity index (χ0n) is 8.06. The molecule has 0 saturated carbocycles. The van der Waals surface area contributed by atoms with Gasteiger partial charge in [-0.1, -0.05) is 13.3 Å². The van der Waals surface area contributed by atoms with Crippen molar-refractivity contribution in [2.75, 3.05) is 11.9 Å². The average molecular weight is 214 g/mol. The summed E-state index contributed by atoms with van der Waals surface area (Å²) in [6, 6.07) is 0. The van der Waals surface area contributed by atoms with Gasteiger partial charge in [0.25, 0.3) is 0 Å². The Morgan fingerprint density at radius 2 is 2.57 bits per heavy atom. The highest BCUT2D eigenvalue weighted by Crippen LogP contribution is 2.13. The van der Waals surface area contributed by atoms with Gasteiger partial charge in [-0.25, -0.2) is 4.98 Å². The minimum Gasteiger partial charge on any atom is -0.481 e. The first-order valence-electron chi connectivity index (χ1n) is 4.60. The molecule has 5 heteroatoms. The van der Waals surface area contributed by atoms with E-state index < -0.39 is 5.97 Å². The number of hydrogen-bond acceptors (Lipinski definition) is 4. The molecule has 0 aliphatic rings. The predicted octanol–water partition coefficient (Wildman–Crippen LogP) is 2.06. The third kappa shape index (κ3) is 3.33. The van der Waals surface area contributed by atoms with E-state index in [1.54, 1.807) is 6.20 Å². The van der Waals surface area contributed by atoms with Gasteiger partial charge in [0.15, 0.2) is 5.13 Å². The lowest BCUT2D eigenvalue weighted by Gasteiger charge is -2.10. The van der Waals surface area contributed by atoms with Crippen molar-refractivity contribution in [1.29, 1.82) is 0 Å². The first kappa shape index (κ1) is 11.0. The van der Waals surface area contributed by atoms with Crippen LogP contribution < -0.4 is 5.32 Å². The van der Waals surface area contributed by atoms with E-state index >= 15 is 0 Å². The highest BCUT2D eigenvalue weighted by atomic mass is 32.1. The molecule has 1 atom stereocenters. The van der Waals surface area contributed by atoms with Crippen LogP contribution in [0.1, 0.15) is 19.8 Å². The van der Waals surface area contributed by atoms with Crippen LogP contribution in [0.25, 0.3) is 0 Å². The van der Waals surface area contributed by atoms with Crippen LogP contribution in [0, 0.1) is 5.92 Å². The fraction of sp³-hybridized carbons (Fsp3) is 0.556. The van der Waals surface area contributed by atoms with Crippen molar-refractivity contribution in [2.24, 2.45) is 5.92 Å². The maximum absolute atomic E-state index is 10.8. The van der Waals surface area contributed by atoms with Gasteiger partial charge >= 0.3 is 5.97 Å². The Morgan fingerprint density at radius 3 is 3.07 bits per heavy atom. The molecule has 0 aliphatic carbocycles. The molecule has 0 radical (unpaired) electrons. The summed E-state index contributed by atoms with van der Waals surface area (Å²) >= 11 is 1.48. The number of nitrogens with zero attached hydrogens (tertiary/aromatic N) is 1. The van der Waals surface area contributed by atoms with Gasteiger partial charge in [-0.05, 0) is 6.42 Å². The van der Waals surface area contributed by atoms with Crippen LogP contribution in [0.5, 0.6) is 0 Å². The topological polar surface area (TPSA) is 62.2 Å². The lowest BCUT2D eigenvalue weighted by Crippen LogP contribution is -2.22. The normalized spacial score (nSPS) is 12.4. The molecule has 0 spiro atoms. The van der Waals surface area contributed by atoms with E-state index in [1.165, 1.54) is 11.3 Å². The van der Waals surface area contributed by atoms with Crippen LogP contribution in [0.2, 0.25) is 0 Å². The summed E-state index contributed by atoms with van der Waals surface area (Å²) in [6.07, 6.45) is 3.28. The first-order chi connectivity index (χ1) is 6.74. The van der Waals surface area contributed by atoms with E-state index in [2.05, 4.69) is 10.3 Å². The van der Waals surface area contributed by atoms with E-state index in [0.717, 1.165) is 11.6 Å². The van der Waals surface area contributed by atoms with Crippen molar-refractivity contribution in [3.05, 3.63) is 11.6 Å². The van der Waals surface area contributed by atoms with E-state index in [0.29, 0.717) is 13.0 Å². The van der Waals surface area contributed by atoms with Crippen molar-refractivity contribution in [2.45, 2.75) is 19.8 Å². The standard InChI is InChI=1S/C9H14N2O2S/c1-2-3-7(8(12)13)6-11-9-10-4-5-14-9/h4-5,7H,2-3,6H2,1H3,(H,10,11)(H,12,13). The predicted molar refractivity (Wildman–Crippen MR) is 56.6 cm³/mol. The van der Waals surface area contributed by atoms with Gasteiger partial charge in [-0.2, -0.15) is 0 Å². The maximum Gasteiger partial charge on any atom is 0.308 e. The Kier molecular flexibility index (Phi) is 4.39. The number of nitrogens with one attached hydrogen (secondary N) is 1. The fourth-order valence-corrected chi connectivity index (χ4v) is 1.72. The molecule has 0 amide bonds. The molecule has 0 aliphatic heterocycles. The van der Waals surface area contributed by atoms with E-state index in [4.69, 9.17) is 5.11 Å². The molecule has 1 unspecified atom stereocenters. The van der Waals surface area contributed by atoms with Gasteiger partial charge in [-0.3, -0.25) is 4.79 Å². The third-order valence-corrected chi connectivity index (χ3v) is 2.65. The Balaban J connectivity index is 2.37. The number of thiazole rings is 1. The molecule has 78 valence electrons. The highest BCUT2D eigenvalue weighted by Gasteiger charge is 2.15.